The molecule has 0 aliphatic rings. The molecule has 0 unspecified atom stereocenters. The Morgan fingerprint density at radius 1 is 1.59 bits per heavy atom. The number of nitrogens with zero attached hydrogens (tertiary/aromatic N) is 2. The van der Waals surface area contributed by atoms with Gasteiger partial charge in [-0.2, -0.15) is 0 Å². The number of hydrogen-bond acceptors (Lipinski definition) is 5. The van der Waals surface area contributed by atoms with Crippen molar-refractivity contribution in [2.24, 2.45) is 5.92 Å². The summed E-state index contributed by atoms with van der Waals surface area (Å²) in [6.07, 6.45) is 0. The molecule has 0 aliphatic carbocycles. The lowest BCUT2D eigenvalue weighted by Crippen LogP contribution is -2.26. The largest absolute Gasteiger partial charge is 0.382 e. The van der Waals surface area contributed by atoms with Gasteiger partial charge in [0.25, 0.3) is 5.91 Å². The molecular formula is C11H20N4OS. The Labute approximate surface area is 106 Å². The summed E-state index contributed by atoms with van der Waals surface area (Å²) in [5.74, 6) is 0.768. The summed E-state index contributed by atoms with van der Waals surface area (Å²) in [6, 6.07) is 0. The van der Waals surface area contributed by atoms with E-state index in [9.17, 15) is 4.79 Å². The Morgan fingerprint density at radius 3 is 2.76 bits per heavy atom. The lowest BCUT2D eigenvalue weighted by atomic mass is 10.2. The summed E-state index contributed by atoms with van der Waals surface area (Å²) in [5.41, 5.74) is 5.75. The van der Waals surface area contributed by atoms with E-state index in [4.69, 9.17) is 5.73 Å². The van der Waals surface area contributed by atoms with Crippen molar-refractivity contribution in [2.75, 3.05) is 31.2 Å². The molecule has 0 bridgehead atoms. The minimum Gasteiger partial charge on any atom is -0.382 e. The van der Waals surface area contributed by atoms with E-state index in [1.54, 1.807) is 11.9 Å². The molecular weight excluding hydrogens is 236 g/mol. The van der Waals surface area contributed by atoms with Crippen LogP contribution in [0, 0.1) is 5.92 Å². The SMILES string of the molecule is CCN(C)C(=O)c1sc(NCC(C)C)nc1N. The minimum atomic E-state index is -0.0694. The number of nitrogens with one attached hydrogen (secondary N) is 1. The first-order valence-corrected chi connectivity index (χ1v) is 6.53. The summed E-state index contributed by atoms with van der Waals surface area (Å²) in [5, 5.41) is 3.89. The van der Waals surface area contributed by atoms with Crippen molar-refractivity contribution in [2.45, 2.75) is 20.8 Å². The van der Waals surface area contributed by atoms with Crippen molar-refractivity contribution in [1.29, 1.82) is 0 Å². The van der Waals surface area contributed by atoms with Gasteiger partial charge in [-0.25, -0.2) is 4.98 Å². The maximum absolute atomic E-state index is 11.9. The molecule has 6 heteroatoms. The van der Waals surface area contributed by atoms with Crippen LogP contribution in [0.4, 0.5) is 10.9 Å². The highest BCUT2D eigenvalue weighted by Crippen LogP contribution is 2.26. The number of aromatic nitrogens is 1. The standard InChI is InChI=1S/C11H20N4OS/c1-5-15(4)10(16)8-9(12)14-11(17-8)13-6-7(2)3/h7H,5-6,12H2,1-4H3,(H,13,14). The highest BCUT2D eigenvalue weighted by Gasteiger charge is 2.18. The summed E-state index contributed by atoms with van der Waals surface area (Å²) in [4.78, 5) is 18.2. The topological polar surface area (TPSA) is 71.2 Å². The van der Waals surface area contributed by atoms with Crippen molar-refractivity contribution >= 4 is 28.2 Å². The lowest BCUT2D eigenvalue weighted by molar-refractivity contribution is 0.0808. The average molecular weight is 256 g/mol. The first kappa shape index (κ1) is 13.8. The fourth-order valence-electron chi connectivity index (χ4n) is 1.17. The van der Waals surface area contributed by atoms with Gasteiger partial charge < -0.3 is 16.0 Å². The first-order valence-electron chi connectivity index (χ1n) is 5.71. The fourth-order valence-corrected chi connectivity index (χ4v) is 2.06. The zero-order chi connectivity index (χ0) is 13.0. The molecule has 0 aromatic carbocycles. The van der Waals surface area contributed by atoms with E-state index in [-0.39, 0.29) is 5.91 Å². The predicted octanol–water partition coefficient (Wildman–Crippen LogP) is 1.89. The average Bonchev–Trinajstić information content (AvgIpc) is 2.66. The molecule has 0 aliphatic heterocycles. The molecule has 0 spiro atoms. The van der Waals surface area contributed by atoms with Crippen LogP contribution in [0.3, 0.4) is 0 Å². The van der Waals surface area contributed by atoms with Crippen LogP contribution in [-0.2, 0) is 0 Å². The number of carbonyl (C=O) groups is 1. The number of nitrogen functional groups attached to an aromatic ring is 1. The van der Waals surface area contributed by atoms with E-state index in [0.717, 1.165) is 6.54 Å². The van der Waals surface area contributed by atoms with E-state index in [0.29, 0.717) is 28.3 Å². The molecule has 0 atom stereocenters. The molecule has 1 aromatic rings. The maximum Gasteiger partial charge on any atom is 0.267 e. The molecule has 5 nitrogen and oxygen atoms in total. The number of hydrogen-bond donors (Lipinski definition) is 2. The predicted molar refractivity (Wildman–Crippen MR) is 72.5 cm³/mol. The molecule has 17 heavy (non-hydrogen) atoms. The van der Waals surface area contributed by atoms with Gasteiger partial charge in [-0.15, -0.1) is 0 Å². The van der Waals surface area contributed by atoms with E-state index in [1.165, 1.54) is 11.3 Å². The van der Waals surface area contributed by atoms with Crippen molar-refractivity contribution in [1.82, 2.24) is 9.88 Å². The van der Waals surface area contributed by atoms with Crippen LogP contribution in [0.2, 0.25) is 0 Å². The molecule has 0 saturated carbocycles. The summed E-state index contributed by atoms with van der Waals surface area (Å²) in [6.45, 7) is 7.63. The normalized spacial score (nSPS) is 10.6. The Bertz CT molecular complexity index is 389. The fraction of sp³-hybridized carbons (Fsp3) is 0.636. The van der Waals surface area contributed by atoms with Crippen LogP contribution in [0.25, 0.3) is 0 Å². The molecule has 1 rings (SSSR count). The van der Waals surface area contributed by atoms with E-state index in [1.807, 2.05) is 6.92 Å². The van der Waals surface area contributed by atoms with Gasteiger partial charge in [0.15, 0.2) is 5.13 Å². The Hall–Kier alpha value is -1.30. The quantitative estimate of drug-likeness (QED) is 0.844. The molecule has 0 saturated heterocycles. The van der Waals surface area contributed by atoms with Gasteiger partial charge in [0, 0.05) is 20.1 Å². The summed E-state index contributed by atoms with van der Waals surface area (Å²) < 4.78 is 0. The van der Waals surface area contributed by atoms with Crippen LogP contribution in [0.5, 0.6) is 0 Å². The number of anilines is 2. The third-order valence-corrected chi connectivity index (χ3v) is 3.35. The third-order valence-electron chi connectivity index (χ3n) is 2.33. The Balaban J connectivity index is 2.78. The number of nitrogens with two attached hydrogens (primary N) is 1. The van der Waals surface area contributed by atoms with Crippen LogP contribution < -0.4 is 11.1 Å². The zero-order valence-electron chi connectivity index (χ0n) is 10.8. The van der Waals surface area contributed by atoms with Crippen LogP contribution >= 0.6 is 11.3 Å². The number of rotatable bonds is 5. The highest BCUT2D eigenvalue weighted by molar-refractivity contribution is 7.18. The first-order chi connectivity index (χ1) is 7.95. The van der Waals surface area contributed by atoms with E-state index in [2.05, 4.69) is 24.1 Å². The Kier molecular flexibility index (Phi) is 4.74. The maximum atomic E-state index is 11.9. The van der Waals surface area contributed by atoms with Gasteiger partial charge >= 0.3 is 0 Å². The molecule has 3 N–H and O–H groups in total. The van der Waals surface area contributed by atoms with Gasteiger partial charge in [-0.3, -0.25) is 4.79 Å². The van der Waals surface area contributed by atoms with Crippen molar-refractivity contribution in [3.63, 3.8) is 0 Å². The highest BCUT2D eigenvalue weighted by atomic mass is 32.1. The molecule has 0 fully saturated rings. The summed E-state index contributed by atoms with van der Waals surface area (Å²) >= 11 is 1.31. The van der Waals surface area contributed by atoms with Crippen LogP contribution in [-0.4, -0.2) is 35.9 Å². The van der Waals surface area contributed by atoms with Gasteiger partial charge in [0.1, 0.15) is 10.7 Å². The van der Waals surface area contributed by atoms with E-state index >= 15 is 0 Å². The molecule has 96 valence electrons. The monoisotopic (exact) mass is 256 g/mol. The molecule has 1 amide bonds. The van der Waals surface area contributed by atoms with Crippen molar-refractivity contribution in [3.05, 3.63) is 4.88 Å². The van der Waals surface area contributed by atoms with Crippen molar-refractivity contribution in [3.8, 4) is 0 Å². The third kappa shape index (κ3) is 3.59. The van der Waals surface area contributed by atoms with Crippen molar-refractivity contribution < 1.29 is 4.79 Å². The second kappa shape index (κ2) is 5.86. The minimum absolute atomic E-state index is 0.0694. The number of thiazole rings is 1. The summed E-state index contributed by atoms with van der Waals surface area (Å²) in [7, 11) is 1.75. The number of amides is 1. The van der Waals surface area contributed by atoms with Gasteiger partial charge in [0.2, 0.25) is 0 Å². The van der Waals surface area contributed by atoms with Gasteiger partial charge in [-0.1, -0.05) is 25.2 Å². The zero-order valence-corrected chi connectivity index (χ0v) is 11.6. The molecule has 1 heterocycles. The van der Waals surface area contributed by atoms with Gasteiger partial charge in [-0.05, 0) is 12.8 Å². The Morgan fingerprint density at radius 2 is 2.24 bits per heavy atom. The second-order valence-electron chi connectivity index (χ2n) is 4.33. The second-order valence-corrected chi connectivity index (χ2v) is 5.33. The van der Waals surface area contributed by atoms with Gasteiger partial charge in [0.05, 0.1) is 0 Å². The molecule has 0 radical (unpaired) electrons. The number of carbonyl (C=O) groups excluding carboxylic acids is 1. The van der Waals surface area contributed by atoms with Crippen LogP contribution in [0.15, 0.2) is 0 Å². The smallest absolute Gasteiger partial charge is 0.267 e. The molecule has 1 aromatic heterocycles. The van der Waals surface area contributed by atoms with E-state index < -0.39 is 0 Å². The lowest BCUT2D eigenvalue weighted by Gasteiger charge is -2.12. The van der Waals surface area contributed by atoms with Crippen LogP contribution in [0.1, 0.15) is 30.4 Å².